The molecule has 0 radical (unpaired) electrons. The summed E-state index contributed by atoms with van der Waals surface area (Å²) in [4.78, 5) is 0. The molecule has 0 saturated heterocycles. The van der Waals surface area contributed by atoms with Crippen molar-refractivity contribution in [3.05, 3.63) is 0 Å². The molecular weight excluding hydrogens is 128 g/mol. The van der Waals surface area contributed by atoms with E-state index in [9.17, 15) is 0 Å². The van der Waals surface area contributed by atoms with E-state index in [1.165, 1.54) is 0 Å². The third-order valence-electron chi connectivity index (χ3n) is 1.09. The van der Waals surface area contributed by atoms with Crippen LogP contribution in [0, 0.1) is 11.3 Å². The molecule has 2 N–H and O–H groups in total. The van der Waals surface area contributed by atoms with Crippen LogP contribution in [0.4, 0.5) is 0 Å². The molecule has 0 amide bonds. The average molecular weight is 142 g/mol. The van der Waals surface area contributed by atoms with Gasteiger partial charge in [-0.25, -0.2) is 0 Å². The molecule has 0 spiro atoms. The van der Waals surface area contributed by atoms with Crippen molar-refractivity contribution in [3.8, 4) is 6.07 Å². The van der Waals surface area contributed by atoms with E-state index in [4.69, 9.17) is 15.7 Å². The lowest BCUT2D eigenvalue weighted by atomic mass is 10.3. The first-order valence-corrected chi connectivity index (χ1v) is 3.54. The number of nitrogens with zero attached hydrogens (tertiary/aromatic N) is 1. The second kappa shape index (κ2) is 6.53. The van der Waals surface area contributed by atoms with Crippen LogP contribution in [-0.2, 0) is 4.74 Å². The predicted octanol–water partition coefficient (Wildman–Crippen LogP) is 0.654. The molecule has 0 aromatic heterocycles. The topological polar surface area (TPSA) is 59.0 Å². The van der Waals surface area contributed by atoms with Gasteiger partial charge >= 0.3 is 0 Å². The molecule has 0 aliphatic carbocycles. The minimum Gasteiger partial charge on any atom is -0.381 e. The molecule has 0 bridgehead atoms. The zero-order chi connectivity index (χ0) is 7.82. The van der Waals surface area contributed by atoms with Crippen molar-refractivity contribution in [1.29, 1.82) is 5.26 Å². The highest BCUT2D eigenvalue weighted by atomic mass is 16.5. The Bertz CT molecular complexity index is 109. The molecule has 0 saturated carbocycles. The molecule has 0 heterocycles. The van der Waals surface area contributed by atoms with Crippen LogP contribution in [0.25, 0.3) is 0 Å². The Hall–Kier alpha value is -0.590. The molecule has 10 heavy (non-hydrogen) atoms. The van der Waals surface area contributed by atoms with E-state index >= 15 is 0 Å². The lowest BCUT2D eigenvalue weighted by Gasteiger charge is -2.02. The summed E-state index contributed by atoms with van der Waals surface area (Å²) in [5, 5.41) is 8.26. The van der Waals surface area contributed by atoms with Crippen LogP contribution in [0.1, 0.15) is 19.8 Å². The zero-order valence-corrected chi connectivity index (χ0v) is 6.34. The molecule has 3 heteroatoms. The molecule has 0 aromatic rings. The van der Waals surface area contributed by atoms with Crippen molar-refractivity contribution in [3.63, 3.8) is 0 Å². The van der Waals surface area contributed by atoms with Crippen LogP contribution in [0.5, 0.6) is 0 Å². The average Bonchev–Trinajstić information content (AvgIpc) is 1.98. The highest BCUT2D eigenvalue weighted by Gasteiger charge is 1.97. The molecule has 0 rings (SSSR count). The van der Waals surface area contributed by atoms with E-state index in [1.807, 2.05) is 13.0 Å². The van der Waals surface area contributed by atoms with Crippen LogP contribution in [0.15, 0.2) is 0 Å². The Balaban J connectivity index is 2.98. The van der Waals surface area contributed by atoms with Crippen LogP contribution in [0.2, 0.25) is 0 Å². The van der Waals surface area contributed by atoms with Crippen molar-refractivity contribution in [1.82, 2.24) is 0 Å². The number of rotatable bonds is 5. The maximum absolute atomic E-state index is 8.26. The summed E-state index contributed by atoms with van der Waals surface area (Å²) in [6.07, 6.45) is 1.65. The summed E-state index contributed by atoms with van der Waals surface area (Å²) in [6.45, 7) is 3.41. The van der Waals surface area contributed by atoms with Crippen molar-refractivity contribution in [2.24, 2.45) is 5.73 Å². The highest BCUT2D eigenvalue weighted by Crippen LogP contribution is 1.88. The first-order valence-electron chi connectivity index (χ1n) is 3.54. The fourth-order valence-electron chi connectivity index (χ4n) is 0.521. The Morgan fingerprint density at radius 2 is 2.30 bits per heavy atom. The van der Waals surface area contributed by atoms with Crippen LogP contribution in [-0.4, -0.2) is 19.3 Å². The summed E-state index contributed by atoms with van der Waals surface area (Å²) >= 11 is 0. The van der Waals surface area contributed by atoms with Crippen molar-refractivity contribution in [2.75, 3.05) is 13.2 Å². The summed E-state index contributed by atoms with van der Waals surface area (Å²) in [6, 6.07) is 1.58. The van der Waals surface area contributed by atoms with Gasteiger partial charge in [0.1, 0.15) is 0 Å². The van der Waals surface area contributed by atoms with Gasteiger partial charge < -0.3 is 10.5 Å². The lowest BCUT2D eigenvalue weighted by Crippen LogP contribution is -2.19. The van der Waals surface area contributed by atoms with E-state index in [1.54, 1.807) is 0 Å². The number of hydrogen-bond acceptors (Lipinski definition) is 3. The molecule has 3 nitrogen and oxygen atoms in total. The maximum Gasteiger partial charge on any atom is 0.0950 e. The molecule has 0 aliphatic heterocycles. The summed E-state index contributed by atoms with van der Waals surface area (Å²) in [7, 11) is 0. The quantitative estimate of drug-likeness (QED) is 0.573. The van der Waals surface area contributed by atoms with Crippen molar-refractivity contribution < 1.29 is 4.74 Å². The molecule has 1 atom stereocenters. The highest BCUT2D eigenvalue weighted by molar-refractivity contribution is 4.85. The summed E-state index contributed by atoms with van der Waals surface area (Å²) < 4.78 is 5.12. The molecule has 58 valence electrons. The Kier molecular flexibility index (Phi) is 6.14. The third kappa shape index (κ3) is 5.54. The van der Waals surface area contributed by atoms with Crippen molar-refractivity contribution >= 4 is 0 Å². The Morgan fingerprint density at radius 1 is 1.60 bits per heavy atom. The van der Waals surface area contributed by atoms with E-state index in [-0.39, 0.29) is 6.04 Å². The Labute approximate surface area is 61.8 Å². The zero-order valence-electron chi connectivity index (χ0n) is 6.34. The van der Waals surface area contributed by atoms with Crippen LogP contribution in [0.3, 0.4) is 0 Å². The van der Waals surface area contributed by atoms with Gasteiger partial charge in [-0.2, -0.15) is 5.26 Å². The number of hydrogen-bond donors (Lipinski definition) is 1. The predicted molar refractivity (Wildman–Crippen MR) is 39.3 cm³/mol. The van der Waals surface area contributed by atoms with Gasteiger partial charge in [0, 0.05) is 13.2 Å². The minimum atomic E-state index is -0.364. The van der Waals surface area contributed by atoms with Crippen LogP contribution >= 0.6 is 0 Å². The largest absolute Gasteiger partial charge is 0.381 e. The van der Waals surface area contributed by atoms with Gasteiger partial charge in [0.05, 0.1) is 12.1 Å². The van der Waals surface area contributed by atoms with Gasteiger partial charge in [0.25, 0.3) is 0 Å². The standard InChI is InChI=1S/C7H14N2O/c1-2-4-10-5-3-7(9)6-8/h7H,2-5,9H2,1H3. The smallest absolute Gasteiger partial charge is 0.0950 e. The number of ether oxygens (including phenoxy) is 1. The Morgan fingerprint density at radius 3 is 2.80 bits per heavy atom. The maximum atomic E-state index is 8.26. The van der Waals surface area contributed by atoms with Gasteiger partial charge in [0.2, 0.25) is 0 Å². The van der Waals surface area contributed by atoms with E-state index in [0.717, 1.165) is 13.0 Å². The fourth-order valence-corrected chi connectivity index (χ4v) is 0.521. The van der Waals surface area contributed by atoms with Gasteiger partial charge in [0.15, 0.2) is 0 Å². The van der Waals surface area contributed by atoms with Gasteiger partial charge in [-0.1, -0.05) is 6.92 Å². The summed E-state index contributed by atoms with van der Waals surface area (Å²) in [5.74, 6) is 0. The van der Waals surface area contributed by atoms with E-state index in [2.05, 4.69) is 0 Å². The van der Waals surface area contributed by atoms with Gasteiger partial charge in [-0.15, -0.1) is 0 Å². The molecule has 1 unspecified atom stereocenters. The van der Waals surface area contributed by atoms with Gasteiger partial charge in [-0.3, -0.25) is 0 Å². The molecule has 0 aliphatic rings. The second-order valence-electron chi connectivity index (χ2n) is 2.14. The molecule has 0 fully saturated rings. The minimum absolute atomic E-state index is 0.364. The van der Waals surface area contributed by atoms with E-state index < -0.39 is 0 Å². The fraction of sp³-hybridized carbons (Fsp3) is 0.857. The van der Waals surface area contributed by atoms with Gasteiger partial charge in [-0.05, 0) is 12.8 Å². The monoisotopic (exact) mass is 142 g/mol. The molecule has 0 aromatic carbocycles. The number of nitriles is 1. The third-order valence-corrected chi connectivity index (χ3v) is 1.09. The van der Waals surface area contributed by atoms with Crippen LogP contribution < -0.4 is 5.73 Å². The van der Waals surface area contributed by atoms with Crippen molar-refractivity contribution in [2.45, 2.75) is 25.8 Å². The molecular formula is C7H14N2O. The summed E-state index contributed by atoms with van der Waals surface area (Å²) in [5.41, 5.74) is 5.31. The second-order valence-corrected chi connectivity index (χ2v) is 2.14. The number of nitrogens with two attached hydrogens (primary N) is 1. The SMILES string of the molecule is CCCOCCC(N)C#N. The lowest BCUT2D eigenvalue weighted by molar-refractivity contribution is 0.131. The first-order chi connectivity index (χ1) is 4.81. The van der Waals surface area contributed by atoms with E-state index in [0.29, 0.717) is 13.0 Å². The first kappa shape index (κ1) is 9.41. The normalized spacial score (nSPS) is 12.5.